The Labute approximate surface area is 150 Å². The summed E-state index contributed by atoms with van der Waals surface area (Å²) in [6.45, 7) is 4.10. The van der Waals surface area contributed by atoms with Gasteiger partial charge < -0.3 is 15.4 Å². The van der Waals surface area contributed by atoms with Gasteiger partial charge in [0.2, 0.25) is 5.88 Å². The molecule has 6 nitrogen and oxygen atoms in total. The second-order valence-electron chi connectivity index (χ2n) is 5.49. The number of aromatic nitrogens is 2. The van der Waals surface area contributed by atoms with Gasteiger partial charge in [-0.05, 0) is 38.1 Å². The Balaban J connectivity index is 1.70. The van der Waals surface area contributed by atoms with Crippen LogP contribution in [-0.2, 0) is 13.6 Å². The second-order valence-corrected chi connectivity index (χ2v) is 6.41. The molecule has 2 aromatic rings. The van der Waals surface area contributed by atoms with Crippen molar-refractivity contribution in [3.63, 3.8) is 0 Å². The fourth-order valence-electron chi connectivity index (χ4n) is 2.50. The highest BCUT2D eigenvalue weighted by Gasteiger charge is 2.12. The van der Waals surface area contributed by atoms with Crippen molar-refractivity contribution in [1.29, 1.82) is 0 Å². The molecule has 0 aliphatic carbocycles. The van der Waals surface area contributed by atoms with Crippen LogP contribution < -0.4 is 15.4 Å². The molecule has 1 heterocycles. The summed E-state index contributed by atoms with van der Waals surface area (Å²) in [5.41, 5.74) is 2.69. The van der Waals surface area contributed by atoms with Crippen LogP contribution in [0.3, 0.4) is 0 Å². The lowest BCUT2D eigenvalue weighted by molar-refractivity contribution is 0.0953. The Morgan fingerprint density at radius 3 is 2.88 bits per heavy atom. The molecule has 0 spiro atoms. The van der Waals surface area contributed by atoms with Gasteiger partial charge in [-0.15, -0.1) is 0 Å². The third-order valence-electron chi connectivity index (χ3n) is 3.69. The minimum atomic E-state index is -0.0546. The lowest BCUT2D eigenvalue weighted by atomic mass is 10.2. The van der Waals surface area contributed by atoms with Gasteiger partial charge in [0.25, 0.3) is 5.91 Å². The lowest BCUT2D eigenvalue weighted by Crippen LogP contribution is -2.27. The molecule has 0 saturated carbocycles. The summed E-state index contributed by atoms with van der Waals surface area (Å²) >= 11 is 3.37. The van der Waals surface area contributed by atoms with Crippen LogP contribution in [0, 0.1) is 6.92 Å². The zero-order valence-electron chi connectivity index (χ0n) is 14.2. The summed E-state index contributed by atoms with van der Waals surface area (Å²) in [4.78, 5) is 12.0. The van der Waals surface area contributed by atoms with Crippen LogP contribution in [-0.4, -0.2) is 35.9 Å². The molecule has 1 aromatic carbocycles. The number of amides is 1. The summed E-state index contributed by atoms with van der Waals surface area (Å²) in [5.74, 6) is 0.726. The van der Waals surface area contributed by atoms with Crippen molar-refractivity contribution in [2.45, 2.75) is 19.9 Å². The van der Waals surface area contributed by atoms with Gasteiger partial charge in [-0.25, -0.2) is 4.68 Å². The number of nitrogens with one attached hydrogen (secondary N) is 2. The minimum absolute atomic E-state index is 0.0546. The van der Waals surface area contributed by atoms with Gasteiger partial charge in [0.05, 0.1) is 18.4 Å². The van der Waals surface area contributed by atoms with Gasteiger partial charge in [0, 0.05) is 30.2 Å². The van der Waals surface area contributed by atoms with Crippen LogP contribution in [0.25, 0.3) is 0 Å². The molecule has 2 rings (SSSR count). The maximum atomic E-state index is 12.0. The van der Waals surface area contributed by atoms with Gasteiger partial charge in [0.1, 0.15) is 0 Å². The topological polar surface area (TPSA) is 68.2 Å². The molecule has 0 radical (unpaired) electrons. The summed E-state index contributed by atoms with van der Waals surface area (Å²) in [7, 11) is 3.52. The summed E-state index contributed by atoms with van der Waals surface area (Å²) in [5, 5.41) is 10.6. The molecule has 0 aliphatic rings. The second kappa shape index (κ2) is 8.84. The van der Waals surface area contributed by atoms with Gasteiger partial charge >= 0.3 is 0 Å². The Hall–Kier alpha value is -1.86. The van der Waals surface area contributed by atoms with E-state index in [4.69, 9.17) is 4.74 Å². The highest BCUT2D eigenvalue weighted by Crippen LogP contribution is 2.20. The predicted octanol–water partition coefficient (Wildman–Crippen LogP) is 2.41. The number of benzene rings is 1. The van der Waals surface area contributed by atoms with Crippen LogP contribution in [0.4, 0.5) is 0 Å². The molecular formula is C17H23BrN4O2. The first kappa shape index (κ1) is 18.5. The van der Waals surface area contributed by atoms with Gasteiger partial charge in [-0.3, -0.25) is 4.79 Å². The SMILES string of the molecule is COc1c(CNCCCNC(=O)c2cccc(Br)c2)c(C)nn1C. The van der Waals surface area contributed by atoms with Gasteiger partial charge in [0.15, 0.2) is 0 Å². The van der Waals surface area contributed by atoms with Crippen molar-refractivity contribution >= 4 is 21.8 Å². The van der Waals surface area contributed by atoms with Crippen LogP contribution in [0.1, 0.15) is 28.0 Å². The Bertz CT molecular complexity index is 700. The minimum Gasteiger partial charge on any atom is -0.481 e. The van der Waals surface area contributed by atoms with Crippen LogP contribution in [0.15, 0.2) is 28.7 Å². The van der Waals surface area contributed by atoms with Crippen molar-refractivity contribution in [3.8, 4) is 5.88 Å². The summed E-state index contributed by atoms with van der Waals surface area (Å²) in [6.07, 6.45) is 0.849. The van der Waals surface area contributed by atoms with E-state index in [-0.39, 0.29) is 5.91 Å². The fraction of sp³-hybridized carbons (Fsp3) is 0.412. The van der Waals surface area contributed by atoms with E-state index < -0.39 is 0 Å². The molecule has 1 amide bonds. The lowest BCUT2D eigenvalue weighted by Gasteiger charge is -2.08. The molecule has 2 N–H and O–H groups in total. The first-order valence-corrected chi connectivity index (χ1v) is 8.63. The Kier molecular flexibility index (Phi) is 6.81. The number of hydrogen-bond donors (Lipinski definition) is 2. The third kappa shape index (κ3) is 4.82. The first-order chi connectivity index (χ1) is 11.5. The molecule has 0 atom stereocenters. The number of halogens is 1. The number of methoxy groups -OCH3 is 1. The molecule has 0 fully saturated rings. The molecule has 1 aromatic heterocycles. The van der Waals surface area contributed by atoms with E-state index in [9.17, 15) is 4.79 Å². The van der Waals surface area contributed by atoms with E-state index in [0.29, 0.717) is 18.7 Å². The van der Waals surface area contributed by atoms with E-state index in [1.54, 1.807) is 17.9 Å². The summed E-state index contributed by atoms with van der Waals surface area (Å²) < 4.78 is 8.01. The highest BCUT2D eigenvalue weighted by atomic mass is 79.9. The Morgan fingerprint density at radius 1 is 1.38 bits per heavy atom. The average molecular weight is 395 g/mol. The van der Waals surface area contributed by atoms with Crippen LogP contribution in [0.5, 0.6) is 5.88 Å². The molecular weight excluding hydrogens is 372 g/mol. The van der Waals surface area contributed by atoms with Crippen molar-refractivity contribution in [1.82, 2.24) is 20.4 Å². The molecule has 0 bridgehead atoms. The number of ether oxygens (including phenoxy) is 1. The van der Waals surface area contributed by atoms with Crippen LogP contribution >= 0.6 is 15.9 Å². The van der Waals surface area contributed by atoms with Gasteiger partial charge in [-0.2, -0.15) is 5.10 Å². The quantitative estimate of drug-likeness (QED) is 0.674. The van der Waals surface area contributed by atoms with Crippen molar-refractivity contribution < 1.29 is 9.53 Å². The molecule has 130 valence electrons. The molecule has 0 aliphatic heterocycles. The molecule has 7 heteroatoms. The van der Waals surface area contributed by atoms with E-state index in [2.05, 4.69) is 31.7 Å². The normalized spacial score (nSPS) is 10.7. The average Bonchev–Trinajstić information content (AvgIpc) is 2.83. The number of aryl methyl sites for hydroxylation is 2. The van der Waals surface area contributed by atoms with Crippen molar-refractivity contribution in [2.75, 3.05) is 20.2 Å². The predicted molar refractivity (Wildman–Crippen MR) is 97.3 cm³/mol. The van der Waals surface area contributed by atoms with Crippen LogP contribution in [0.2, 0.25) is 0 Å². The maximum Gasteiger partial charge on any atom is 0.251 e. The zero-order chi connectivity index (χ0) is 17.5. The van der Waals surface area contributed by atoms with E-state index in [1.165, 1.54) is 0 Å². The largest absolute Gasteiger partial charge is 0.481 e. The van der Waals surface area contributed by atoms with Crippen molar-refractivity contribution in [3.05, 3.63) is 45.6 Å². The van der Waals surface area contributed by atoms with Crippen molar-refractivity contribution in [2.24, 2.45) is 7.05 Å². The monoisotopic (exact) mass is 394 g/mol. The number of hydrogen-bond acceptors (Lipinski definition) is 4. The standard InChI is InChI=1S/C17H23BrN4O2/c1-12-15(17(24-3)22(2)21-12)11-19-8-5-9-20-16(23)13-6-4-7-14(18)10-13/h4,6-7,10,19H,5,8-9,11H2,1-3H3,(H,20,23). The number of carbonyl (C=O) groups excluding carboxylic acids is 1. The highest BCUT2D eigenvalue weighted by molar-refractivity contribution is 9.10. The number of carbonyl (C=O) groups is 1. The van der Waals surface area contributed by atoms with Gasteiger partial charge in [-0.1, -0.05) is 22.0 Å². The maximum absolute atomic E-state index is 12.0. The Morgan fingerprint density at radius 2 is 2.17 bits per heavy atom. The third-order valence-corrected chi connectivity index (χ3v) is 4.18. The summed E-state index contributed by atoms with van der Waals surface area (Å²) in [6, 6.07) is 7.36. The zero-order valence-corrected chi connectivity index (χ0v) is 15.8. The first-order valence-electron chi connectivity index (χ1n) is 7.84. The molecule has 0 saturated heterocycles. The fourth-order valence-corrected chi connectivity index (χ4v) is 2.90. The number of rotatable bonds is 8. The number of nitrogens with zero attached hydrogens (tertiary/aromatic N) is 2. The molecule has 24 heavy (non-hydrogen) atoms. The van der Waals surface area contributed by atoms with E-state index in [1.807, 2.05) is 32.2 Å². The van der Waals surface area contributed by atoms with E-state index >= 15 is 0 Å². The smallest absolute Gasteiger partial charge is 0.251 e. The van der Waals surface area contributed by atoms with E-state index in [0.717, 1.165) is 34.6 Å². The molecule has 0 unspecified atom stereocenters.